The van der Waals surface area contributed by atoms with Crippen LogP contribution in [0, 0.1) is 5.82 Å². The van der Waals surface area contributed by atoms with Crippen molar-refractivity contribution < 1.29 is 9.18 Å². The highest BCUT2D eigenvalue weighted by Crippen LogP contribution is 2.26. The minimum atomic E-state index is -0.297. The Morgan fingerprint density at radius 2 is 1.92 bits per heavy atom. The average molecular weight is 417 g/mol. The number of nitrogens with zero attached hydrogens (tertiary/aromatic N) is 3. The molecule has 0 spiro atoms. The van der Waals surface area contributed by atoms with Crippen LogP contribution in [0.1, 0.15) is 10.4 Å². The first kappa shape index (κ1) is 15.9. The Kier molecular flexibility index (Phi) is 4.06. The van der Waals surface area contributed by atoms with Crippen LogP contribution in [0.4, 0.5) is 10.3 Å². The van der Waals surface area contributed by atoms with Gasteiger partial charge in [0, 0.05) is 15.4 Å². The van der Waals surface area contributed by atoms with Crippen LogP contribution >= 0.6 is 27.3 Å². The van der Waals surface area contributed by atoms with Crippen LogP contribution in [0.5, 0.6) is 0 Å². The first-order valence-corrected chi connectivity index (χ1v) is 8.95. The maximum absolute atomic E-state index is 13.1. The zero-order chi connectivity index (χ0) is 17.4. The molecule has 2 aromatic carbocycles. The minimum Gasteiger partial charge on any atom is -0.289 e. The average Bonchev–Trinajstić information content (AvgIpc) is 3.16. The SMILES string of the molecule is O=C(Nc1nc2scc(-c3ccc(F)cc3)n2n1)c1ccccc1Br. The number of benzene rings is 2. The Hall–Kier alpha value is -2.58. The molecule has 124 valence electrons. The van der Waals surface area contributed by atoms with E-state index in [1.165, 1.54) is 23.5 Å². The maximum atomic E-state index is 13.1. The number of anilines is 1. The number of hydrogen-bond acceptors (Lipinski definition) is 4. The number of aromatic nitrogens is 3. The highest BCUT2D eigenvalue weighted by molar-refractivity contribution is 9.10. The molecule has 0 saturated carbocycles. The van der Waals surface area contributed by atoms with Crippen LogP contribution in [0.3, 0.4) is 0 Å². The van der Waals surface area contributed by atoms with Crippen molar-refractivity contribution in [1.82, 2.24) is 14.6 Å². The van der Waals surface area contributed by atoms with Crippen molar-refractivity contribution in [1.29, 1.82) is 0 Å². The van der Waals surface area contributed by atoms with Crippen molar-refractivity contribution in [2.24, 2.45) is 0 Å². The molecule has 0 fully saturated rings. The first-order valence-electron chi connectivity index (χ1n) is 7.28. The summed E-state index contributed by atoms with van der Waals surface area (Å²) in [6, 6.07) is 13.3. The number of thiazole rings is 1. The molecular weight excluding hydrogens is 407 g/mol. The topological polar surface area (TPSA) is 59.3 Å². The van der Waals surface area contributed by atoms with Gasteiger partial charge in [-0.3, -0.25) is 10.1 Å². The van der Waals surface area contributed by atoms with Crippen LogP contribution < -0.4 is 5.32 Å². The second kappa shape index (κ2) is 6.38. The van der Waals surface area contributed by atoms with Crippen molar-refractivity contribution in [2.75, 3.05) is 5.32 Å². The second-order valence-corrected chi connectivity index (χ2v) is 6.88. The maximum Gasteiger partial charge on any atom is 0.259 e. The van der Waals surface area contributed by atoms with Crippen molar-refractivity contribution in [2.45, 2.75) is 0 Å². The number of fused-ring (bicyclic) bond motifs is 1. The van der Waals surface area contributed by atoms with Gasteiger partial charge in [-0.1, -0.05) is 12.1 Å². The van der Waals surface area contributed by atoms with Crippen LogP contribution in [0.15, 0.2) is 58.4 Å². The van der Waals surface area contributed by atoms with Gasteiger partial charge >= 0.3 is 0 Å². The molecule has 0 aliphatic rings. The van der Waals surface area contributed by atoms with Gasteiger partial charge in [0.05, 0.1) is 11.3 Å². The normalized spacial score (nSPS) is 11.0. The zero-order valence-electron chi connectivity index (χ0n) is 12.6. The molecule has 0 saturated heterocycles. The molecule has 25 heavy (non-hydrogen) atoms. The molecule has 0 radical (unpaired) electrons. The van der Waals surface area contributed by atoms with Crippen molar-refractivity contribution in [3.05, 3.63) is 69.8 Å². The number of rotatable bonds is 3. The predicted molar refractivity (Wildman–Crippen MR) is 98.4 cm³/mol. The van der Waals surface area contributed by atoms with Crippen molar-refractivity contribution >= 4 is 44.1 Å². The van der Waals surface area contributed by atoms with Crippen LogP contribution in [-0.4, -0.2) is 20.5 Å². The smallest absolute Gasteiger partial charge is 0.259 e. The summed E-state index contributed by atoms with van der Waals surface area (Å²) < 4.78 is 15.4. The monoisotopic (exact) mass is 416 g/mol. The Labute approximate surface area is 154 Å². The number of amides is 1. The summed E-state index contributed by atoms with van der Waals surface area (Å²) in [5, 5.41) is 8.93. The fourth-order valence-corrected chi connectivity index (χ4v) is 3.66. The Morgan fingerprint density at radius 1 is 1.16 bits per heavy atom. The molecule has 2 aromatic heterocycles. The van der Waals surface area contributed by atoms with Gasteiger partial charge in [0.25, 0.3) is 11.9 Å². The minimum absolute atomic E-state index is 0.218. The predicted octanol–water partition coefficient (Wildman–Crippen LogP) is 4.61. The number of nitrogens with one attached hydrogen (secondary N) is 1. The van der Waals surface area contributed by atoms with E-state index in [4.69, 9.17) is 0 Å². The molecular formula is C17H10BrFN4OS. The lowest BCUT2D eigenvalue weighted by atomic mass is 10.2. The summed E-state index contributed by atoms with van der Waals surface area (Å²) in [6.45, 7) is 0. The number of halogens is 2. The van der Waals surface area contributed by atoms with E-state index >= 15 is 0 Å². The Morgan fingerprint density at radius 3 is 2.68 bits per heavy atom. The van der Waals surface area contributed by atoms with E-state index in [0.717, 1.165) is 11.3 Å². The van der Waals surface area contributed by atoms with Gasteiger partial charge in [0.2, 0.25) is 4.96 Å². The van der Waals surface area contributed by atoms with Crippen LogP contribution in [0.25, 0.3) is 16.2 Å². The van der Waals surface area contributed by atoms with E-state index in [2.05, 4.69) is 31.3 Å². The molecule has 2 heterocycles. The fourth-order valence-electron chi connectivity index (χ4n) is 2.37. The molecule has 0 unspecified atom stereocenters. The zero-order valence-corrected chi connectivity index (χ0v) is 15.0. The molecule has 4 rings (SSSR count). The van der Waals surface area contributed by atoms with Gasteiger partial charge in [-0.25, -0.2) is 8.91 Å². The highest BCUT2D eigenvalue weighted by Gasteiger charge is 2.15. The molecule has 8 heteroatoms. The van der Waals surface area contributed by atoms with E-state index in [0.29, 0.717) is 15.0 Å². The standard InChI is InChI=1S/C17H10BrFN4OS/c18-13-4-2-1-3-12(13)15(24)20-16-21-17-23(22-16)14(9-25-17)10-5-7-11(19)8-6-10/h1-9H,(H,20,22,24). The molecule has 4 aromatic rings. The van der Waals surface area contributed by atoms with Crippen LogP contribution in [-0.2, 0) is 0 Å². The van der Waals surface area contributed by atoms with Gasteiger partial charge in [0.1, 0.15) is 5.82 Å². The summed E-state index contributed by atoms with van der Waals surface area (Å²) in [5.74, 6) is -0.375. The lowest BCUT2D eigenvalue weighted by Crippen LogP contribution is -2.13. The second-order valence-electron chi connectivity index (χ2n) is 5.19. The lowest BCUT2D eigenvalue weighted by molar-refractivity contribution is 0.102. The van der Waals surface area contributed by atoms with Gasteiger partial charge in [0.15, 0.2) is 0 Å². The summed E-state index contributed by atoms with van der Waals surface area (Å²) in [4.78, 5) is 17.3. The number of carbonyl (C=O) groups excluding carboxylic acids is 1. The van der Waals surface area contributed by atoms with Gasteiger partial charge in [-0.2, -0.15) is 4.98 Å². The first-order chi connectivity index (χ1) is 12.1. The third kappa shape index (κ3) is 3.06. The molecule has 1 N–H and O–H groups in total. The Balaban J connectivity index is 1.65. The van der Waals surface area contributed by atoms with Crippen LogP contribution in [0.2, 0.25) is 0 Å². The Bertz CT molecular complexity index is 1070. The third-order valence-electron chi connectivity index (χ3n) is 3.57. The lowest BCUT2D eigenvalue weighted by Gasteiger charge is -2.03. The van der Waals surface area contributed by atoms with E-state index < -0.39 is 0 Å². The van der Waals surface area contributed by atoms with Gasteiger partial charge < -0.3 is 0 Å². The fraction of sp³-hybridized carbons (Fsp3) is 0. The summed E-state index contributed by atoms with van der Waals surface area (Å²) in [7, 11) is 0. The number of carbonyl (C=O) groups is 1. The molecule has 5 nitrogen and oxygen atoms in total. The molecule has 0 atom stereocenters. The summed E-state index contributed by atoms with van der Waals surface area (Å²) in [6.07, 6.45) is 0. The van der Waals surface area contributed by atoms with E-state index in [1.807, 2.05) is 11.4 Å². The highest BCUT2D eigenvalue weighted by atomic mass is 79.9. The largest absolute Gasteiger partial charge is 0.289 e. The van der Waals surface area contributed by atoms with E-state index in [-0.39, 0.29) is 17.7 Å². The van der Waals surface area contributed by atoms with Crippen molar-refractivity contribution in [3.8, 4) is 11.3 Å². The van der Waals surface area contributed by atoms with Gasteiger partial charge in [-0.15, -0.1) is 16.4 Å². The van der Waals surface area contributed by atoms with E-state index in [9.17, 15) is 9.18 Å². The third-order valence-corrected chi connectivity index (χ3v) is 5.07. The quantitative estimate of drug-likeness (QED) is 0.530. The molecule has 0 bridgehead atoms. The summed E-state index contributed by atoms with van der Waals surface area (Å²) >= 11 is 4.74. The van der Waals surface area contributed by atoms with E-state index in [1.54, 1.807) is 34.8 Å². The summed E-state index contributed by atoms with van der Waals surface area (Å²) in [5.41, 5.74) is 2.11. The molecule has 0 aliphatic carbocycles. The molecule has 1 amide bonds. The molecule has 0 aliphatic heterocycles. The van der Waals surface area contributed by atoms with Crippen molar-refractivity contribution in [3.63, 3.8) is 0 Å². The van der Waals surface area contributed by atoms with Gasteiger partial charge in [-0.05, 0) is 52.3 Å². The number of hydrogen-bond donors (Lipinski definition) is 1.